The van der Waals surface area contributed by atoms with Crippen LogP contribution in [0.1, 0.15) is 21.5 Å². The minimum absolute atomic E-state index is 0.119. The standard InChI is InChI=1S/C16H16ClN3O/c1-20-7-6-14-11(10-20)8-18-9-15(14)16(21)19-13-4-2-12(17)3-5-13/h2-5,8-9H,6-7,10H2,1H3,(H,19,21). The Morgan fingerprint density at radius 1 is 1.29 bits per heavy atom. The number of rotatable bonds is 2. The minimum atomic E-state index is -0.119. The van der Waals surface area contributed by atoms with E-state index in [0.717, 1.165) is 36.3 Å². The summed E-state index contributed by atoms with van der Waals surface area (Å²) in [7, 11) is 2.07. The molecule has 0 radical (unpaired) electrons. The second-order valence-electron chi connectivity index (χ2n) is 5.27. The van der Waals surface area contributed by atoms with Gasteiger partial charge in [-0.25, -0.2) is 0 Å². The van der Waals surface area contributed by atoms with Crippen molar-refractivity contribution in [3.8, 4) is 0 Å². The number of halogens is 1. The summed E-state index contributed by atoms with van der Waals surface area (Å²) in [5, 5.41) is 3.54. The first-order valence-electron chi connectivity index (χ1n) is 6.84. The summed E-state index contributed by atoms with van der Waals surface area (Å²) in [6.45, 7) is 1.79. The van der Waals surface area contributed by atoms with Crippen LogP contribution in [0.4, 0.5) is 5.69 Å². The van der Waals surface area contributed by atoms with Crippen molar-refractivity contribution in [2.24, 2.45) is 0 Å². The Kier molecular flexibility index (Phi) is 3.90. The Morgan fingerprint density at radius 3 is 2.81 bits per heavy atom. The number of hydrogen-bond donors (Lipinski definition) is 1. The molecular formula is C16H16ClN3O. The highest BCUT2D eigenvalue weighted by molar-refractivity contribution is 6.30. The van der Waals surface area contributed by atoms with E-state index in [4.69, 9.17) is 11.6 Å². The maximum Gasteiger partial charge on any atom is 0.257 e. The van der Waals surface area contributed by atoms with Crippen LogP contribution in [0, 0.1) is 0 Å². The highest BCUT2D eigenvalue weighted by Crippen LogP contribution is 2.22. The third kappa shape index (κ3) is 3.06. The summed E-state index contributed by atoms with van der Waals surface area (Å²) < 4.78 is 0. The number of benzene rings is 1. The molecule has 0 aliphatic carbocycles. The third-order valence-electron chi connectivity index (χ3n) is 3.68. The molecule has 108 valence electrons. The lowest BCUT2D eigenvalue weighted by atomic mass is 9.97. The lowest BCUT2D eigenvalue weighted by Crippen LogP contribution is -2.29. The molecule has 2 heterocycles. The van der Waals surface area contributed by atoms with E-state index >= 15 is 0 Å². The van der Waals surface area contributed by atoms with Gasteiger partial charge in [0.05, 0.1) is 5.56 Å². The normalized spacial score (nSPS) is 14.6. The monoisotopic (exact) mass is 301 g/mol. The number of hydrogen-bond acceptors (Lipinski definition) is 3. The number of anilines is 1. The van der Waals surface area contributed by atoms with E-state index in [0.29, 0.717) is 10.6 Å². The molecule has 1 N–H and O–H groups in total. The van der Waals surface area contributed by atoms with Gasteiger partial charge in [0.2, 0.25) is 0 Å². The Balaban J connectivity index is 1.85. The van der Waals surface area contributed by atoms with Crippen LogP contribution in [0.3, 0.4) is 0 Å². The number of fused-ring (bicyclic) bond motifs is 1. The van der Waals surface area contributed by atoms with Crippen molar-refractivity contribution in [3.05, 3.63) is 58.4 Å². The van der Waals surface area contributed by atoms with Crippen LogP contribution in [0.25, 0.3) is 0 Å². The number of amides is 1. The van der Waals surface area contributed by atoms with E-state index in [9.17, 15) is 4.79 Å². The molecule has 4 nitrogen and oxygen atoms in total. The number of nitrogens with one attached hydrogen (secondary N) is 1. The van der Waals surface area contributed by atoms with Gasteiger partial charge in [-0.05, 0) is 48.9 Å². The zero-order valence-electron chi connectivity index (χ0n) is 11.8. The SMILES string of the molecule is CN1CCc2c(cncc2C(=O)Nc2ccc(Cl)cc2)C1. The van der Waals surface area contributed by atoms with E-state index in [1.54, 1.807) is 30.5 Å². The number of carbonyl (C=O) groups excluding carboxylic acids is 1. The van der Waals surface area contributed by atoms with Crippen LogP contribution in [0.5, 0.6) is 0 Å². The maximum absolute atomic E-state index is 12.5. The second kappa shape index (κ2) is 5.84. The van der Waals surface area contributed by atoms with Gasteiger partial charge in [-0.1, -0.05) is 11.6 Å². The number of aromatic nitrogens is 1. The first-order valence-corrected chi connectivity index (χ1v) is 7.22. The Bertz CT molecular complexity index is 670. The third-order valence-corrected chi connectivity index (χ3v) is 3.93. The topological polar surface area (TPSA) is 45.2 Å². The molecule has 1 aliphatic heterocycles. The Morgan fingerprint density at radius 2 is 2.05 bits per heavy atom. The summed E-state index contributed by atoms with van der Waals surface area (Å²) in [6, 6.07) is 7.09. The number of carbonyl (C=O) groups is 1. The highest BCUT2D eigenvalue weighted by Gasteiger charge is 2.20. The predicted molar refractivity (Wildman–Crippen MR) is 83.7 cm³/mol. The zero-order chi connectivity index (χ0) is 14.8. The average Bonchev–Trinajstić information content (AvgIpc) is 2.48. The molecule has 0 saturated carbocycles. The summed E-state index contributed by atoms with van der Waals surface area (Å²) in [6.07, 6.45) is 4.37. The van der Waals surface area contributed by atoms with Gasteiger partial charge >= 0.3 is 0 Å². The Labute approximate surface area is 128 Å². The lowest BCUT2D eigenvalue weighted by molar-refractivity contribution is 0.102. The quantitative estimate of drug-likeness (QED) is 0.927. The van der Waals surface area contributed by atoms with Crippen molar-refractivity contribution in [2.75, 3.05) is 18.9 Å². The molecule has 1 aromatic heterocycles. The molecule has 5 heteroatoms. The predicted octanol–water partition coefficient (Wildman–Crippen LogP) is 2.98. The van der Waals surface area contributed by atoms with Crippen LogP contribution in [0.15, 0.2) is 36.7 Å². The largest absolute Gasteiger partial charge is 0.322 e. The van der Waals surface area contributed by atoms with Gasteiger partial charge in [0.1, 0.15) is 0 Å². The molecule has 1 amide bonds. The first-order chi connectivity index (χ1) is 10.1. The molecule has 0 fully saturated rings. The average molecular weight is 302 g/mol. The molecule has 1 aliphatic rings. The molecule has 0 atom stereocenters. The molecule has 0 spiro atoms. The first kappa shape index (κ1) is 14.0. The van der Waals surface area contributed by atoms with E-state index in [1.165, 1.54) is 0 Å². The molecular weight excluding hydrogens is 286 g/mol. The van der Waals surface area contributed by atoms with Crippen molar-refractivity contribution < 1.29 is 4.79 Å². The fraction of sp³-hybridized carbons (Fsp3) is 0.250. The molecule has 21 heavy (non-hydrogen) atoms. The van der Waals surface area contributed by atoms with Crippen molar-refractivity contribution in [3.63, 3.8) is 0 Å². The van der Waals surface area contributed by atoms with Crippen molar-refractivity contribution in [1.82, 2.24) is 9.88 Å². The van der Waals surface area contributed by atoms with Gasteiger partial charge in [0.15, 0.2) is 0 Å². The number of pyridine rings is 1. The second-order valence-corrected chi connectivity index (χ2v) is 5.71. The van der Waals surface area contributed by atoms with Gasteiger partial charge in [-0.2, -0.15) is 0 Å². The number of nitrogens with zero attached hydrogens (tertiary/aromatic N) is 2. The van der Waals surface area contributed by atoms with Gasteiger partial charge in [-0.3, -0.25) is 9.78 Å². The molecule has 0 unspecified atom stereocenters. The van der Waals surface area contributed by atoms with Crippen LogP contribution < -0.4 is 5.32 Å². The molecule has 1 aromatic carbocycles. The van der Waals surface area contributed by atoms with Crippen LogP contribution >= 0.6 is 11.6 Å². The minimum Gasteiger partial charge on any atom is -0.322 e. The highest BCUT2D eigenvalue weighted by atomic mass is 35.5. The summed E-state index contributed by atoms with van der Waals surface area (Å²) in [5.74, 6) is -0.119. The van der Waals surface area contributed by atoms with Gasteiger partial charge < -0.3 is 10.2 Å². The number of likely N-dealkylation sites (N-methyl/N-ethyl adjacent to an activating group) is 1. The van der Waals surface area contributed by atoms with Gasteiger partial charge in [-0.15, -0.1) is 0 Å². The van der Waals surface area contributed by atoms with Crippen LogP contribution in [-0.2, 0) is 13.0 Å². The van der Waals surface area contributed by atoms with Crippen molar-refractivity contribution in [1.29, 1.82) is 0 Å². The Hall–Kier alpha value is -1.91. The fourth-order valence-corrected chi connectivity index (χ4v) is 2.69. The summed E-state index contributed by atoms with van der Waals surface area (Å²) in [5.41, 5.74) is 3.63. The van der Waals surface area contributed by atoms with E-state index in [1.807, 2.05) is 6.20 Å². The molecule has 3 rings (SSSR count). The zero-order valence-corrected chi connectivity index (χ0v) is 12.5. The summed E-state index contributed by atoms with van der Waals surface area (Å²) >= 11 is 5.85. The van der Waals surface area contributed by atoms with Crippen molar-refractivity contribution in [2.45, 2.75) is 13.0 Å². The fourth-order valence-electron chi connectivity index (χ4n) is 2.56. The van der Waals surface area contributed by atoms with Gasteiger partial charge in [0, 0.05) is 36.2 Å². The van der Waals surface area contributed by atoms with E-state index < -0.39 is 0 Å². The smallest absolute Gasteiger partial charge is 0.257 e. The van der Waals surface area contributed by atoms with Gasteiger partial charge in [0.25, 0.3) is 5.91 Å². The van der Waals surface area contributed by atoms with E-state index in [-0.39, 0.29) is 5.91 Å². The lowest BCUT2D eigenvalue weighted by Gasteiger charge is -2.26. The van der Waals surface area contributed by atoms with Crippen LogP contribution in [0.2, 0.25) is 5.02 Å². The summed E-state index contributed by atoms with van der Waals surface area (Å²) in [4.78, 5) is 18.9. The maximum atomic E-state index is 12.5. The van der Waals surface area contributed by atoms with Crippen molar-refractivity contribution >= 4 is 23.2 Å². The van der Waals surface area contributed by atoms with E-state index in [2.05, 4.69) is 22.2 Å². The molecule has 0 bridgehead atoms. The van der Waals surface area contributed by atoms with Crippen LogP contribution in [-0.4, -0.2) is 29.4 Å². The molecule has 0 saturated heterocycles. The molecule has 2 aromatic rings.